The standard InChI is InChI=1S/C19H36O3/c1-2-3-4-5-6-7-8-9-10-11-12-13-14-15-18(20)16-17-19(21)22/h2-17H2,1H3,(H,21,22). The summed E-state index contributed by atoms with van der Waals surface area (Å²) >= 11 is 0. The molecule has 22 heavy (non-hydrogen) atoms. The number of ketones is 1. The van der Waals surface area contributed by atoms with Crippen LogP contribution in [0.2, 0.25) is 0 Å². The number of carboxylic acid groups (broad SMARTS) is 1. The number of unbranched alkanes of at least 4 members (excludes halogenated alkanes) is 12. The van der Waals surface area contributed by atoms with Crippen molar-refractivity contribution in [2.75, 3.05) is 0 Å². The largest absolute Gasteiger partial charge is 0.481 e. The van der Waals surface area contributed by atoms with Gasteiger partial charge in [0.1, 0.15) is 5.78 Å². The molecule has 0 radical (unpaired) electrons. The minimum Gasteiger partial charge on any atom is -0.481 e. The first-order valence-corrected chi connectivity index (χ1v) is 9.40. The fraction of sp³-hybridized carbons (Fsp3) is 0.895. The molecule has 0 spiro atoms. The maximum atomic E-state index is 11.4. The molecule has 0 saturated heterocycles. The number of carbonyl (C=O) groups excluding carboxylic acids is 1. The number of carboxylic acids is 1. The Labute approximate surface area is 136 Å². The molecule has 0 aromatic heterocycles. The van der Waals surface area contributed by atoms with E-state index >= 15 is 0 Å². The number of hydrogen-bond donors (Lipinski definition) is 1. The van der Waals surface area contributed by atoms with Crippen LogP contribution in [0.25, 0.3) is 0 Å². The normalized spacial score (nSPS) is 10.8. The van der Waals surface area contributed by atoms with Crippen LogP contribution in [0.3, 0.4) is 0 Å². The number of Topliss-reactive ketones (excluding diaryl/α,β-unsaturated/α-hetero) is 1. The molecule has 0 amide bonds. The summed E-state index contributed by atoms with van der Waals surface area (Å²) in [5, 5.41) is 8.49. The van der Waals surface area contributed by atoms with Gasteiger partial charge in [-0.05, 0) is 6.42 Å². The smallest absolute Gasteiger partial charge is 0.303 e. The third-order valence-electron chi connectivity index (χ3n) is 4.18. The third kappa shape index (κ3) is 17.2. The molecule has 130 valence electrons. The van der Waals surface area contributed by atoms with Crippen molar-refractivity contribution in [2.45, 2.75) is 110 Å². The van der Waals surface area contributed by atoms with Crippen LogP contribution < -0.4 is 0 Å². The molecular weight excluding hydrogens is 276 g/mol. The van der Waals surface area contributed by atoms with Crippen molar-refractivity contribution in [3.05, 3.63) is 0 Å². The van der Waals surface area contributed by atoms with Gasteiger partial charge in [0.05, 0.1) is 6.42 Å². The van der Waals surface area contributed by atoms with Gasteiger partial charge in [-0.15, -0.1) is 0 Å². The Kier molecular flexibility index (Phi) is 15.9. The average Bonchev–Trinajstić information content (AvgIpc) is 2.49. The Hall–Kier alpha value is -0.860. The minimum absolute atomic E-state index is 0.0166. The highest BCUT2D eigenvalue weighted by atomic mass is 16.4. The molecule has 0 unspecified atom stereocenters. The summed E-state index contributed by atoms with van der Waals surface area (Å²) < 4.78 is 0. The van der Waals surface area contributed by atoms with Crippen LogP contribution in [0, 0.1) is 0 Å². The van der Waals surface area contributed by atoms with Crippen LogP contribution in [-0.4, -0.2) is 16.9 Å². The zero-order chi connectivity index (χ0) is 16.5. The molecule has 3 nitrogen and oxygen atoms in total. The molecule has 0 fully saturated rings. The van der Waals surface area contributed by atoms with Crippen molar-refractivity contribution in [3.8, 4) is 0 Å². The number of hydrogen-bond acceptors (Lipinski definition) is 2. The zero-order valence-electron chi connectivity index (χ0n) is 14.6. The molecule has 3 heteroatoms. The molecule has 0 atom stereocenters. The molecule has 0 aromatic carbocycles. The van der Waals surface area contributed by atoms with E-state index in [0.717, 1.165) is 12.8 Å². The second kappa shape index (κ2) is 16.5. The lowest BCUT2D eigenvalue weighted by molar-refractivity contribution is -0.138. The molecule has 0 bridgehead atoms. The highest BCUT2D eigenvalue weighted by Crippen LogP contribution is 2.13. The molecule has 0 rings (SSSR count). The summed E-state index contributed by atoms with van der Waals surface area (Å²) in [5.74, 6) is -0.774. The highest BCUT2D eigenvalue weighted by molar-refractivity contribution is 5.82. The molecule has 0 aliphatic rings. The van der Waals surface area contributed by atoms with Gasteiger partial charge in [0.2, 0.25) is 0 Å². The second-order valence-electron chi connectivity index (χ2n) is 6.43. The highest BCUT2D eigenvalue weighted by Gasteiger charge is 2.04. The Bertz CT molecular complexity index is 274. The summed E-state index contributed by atoms with van der Waals surface area (Å²) in [7, 11) is 0. The molecule has 0 aromatic rings. The van der Waals surface area contributed by atoms with Gasteiger partial charge in [0.15, 0.2) is 0 Å². The lowest BCUT2D eigenvalue weighted by atomic mass is 10.0. The van der Waals surface area contributed by atoms with Crippen LogP contribution >= 0.6 is 0 Å². The average molecular weight is 312 g/mol. The first-order chi connectivity index (χ1) is 10.7. The van der Waals surface area contributed by atoms with Crippen LogP contribution in [0.5, 0.6) is 0 Å². The van der Waals surface area contributed by atoms with Gasteiger partial charge in [0.25, 0.3) is 0 Å². The van der Waals surface area contributed by atoms with E-state index in [2.05, 4.69) is 6.92 Å². The van der Waals surface area contributed by atoms with Crippen LogP contribution in [0.1, 0.15) is 110 Å². The van der Waals surface area contributed by atoms with Gasteiger partial charge in [-0.3, -0.25) is 9.59 Å². The maximum Gasteiger partial charge on any atom is 0.303 e. The van der Waals surface area contributed by atoms with Gasteiger partial charge in [-0.1, -0.05) is 84.0 Å². The fourth-order valence-corrected chi connectivity index (χ4v) is 2.71. The second-order valence-corrected chi connectivity index (χ2v) is 6.43. The SMILES string of the molecule is CCCCCCCCCCCCCCCC(=O)CCC(=O)O. The van der Waals surface area contributed by atoms with Crippen molar-refractivity contribution < 1.29 is 14.7 Å². The Morgan fingerprint density at radius 3 is 1.41 bits per heavy atom. The fourth-order valence-electron chi connectivity index (χ4n) is 2.71. The first kappa shape index (κ1) is 21.1. The first-order valence-electron chi connectivity index (χ1n) is 9.40. The van der Waals surface area contributed by atoms with Crippen LogP contribution in [-0.2, 0) is 9.59 Å². The molecule has 0 aliphatic carbocycles. The summed E-state index contributed by atoms with van der Waals surface area (Å²) in [6.07, 6.45) is 17.6. The van der Waals surface area contributed by atoms with Gasteiger partial charge in [-0.2, -0.15) is 0 Å². The van der Waals surface area contributed by atoms with E-state index in [4.69, 9.17) is 5.11 Å². The molecule has 0 heterocycles. The van der Waals surface area contributed by atoms with Gasteiger partial charge < -0.3 is 5.11 Å². The van der Waals surface area contributed by atoms with E-state index in [9.17, 15) is 9.59 Å². The predicted octanol–water partition coefficient (Wildman–Crippen LogP) is 5.90. The van der Waals surface area contributed by atoms with Crippen molar-refractivity contribution in [1.29, 1.82) is 0 Å². The molecular formula is C19H36O3. The summed E-state index contributed by atoms with van der Waals surface area (Å²) in [5.41, 5.74) is 0. The zero-order valence-corrected chi connectivity index (χ0v) is 14.6. The Morgan fingerprint density at radius 2 is 1.00 bits per heavy atom. The monoisotopic (exact) mass is 312 g/mol. The van der Waals surface area contributed by atoms with Crippen molar-refractivity contribution in [2.24, 2.45) is 0 Å². The summed E-state index contributed by atoms with van der Waals surface area (Å²) in [6.45, 7) is 2.26. The predicted molar refractivity (Wildman–Crippen MR) is 92.2 cm³/mol. The van der Waals surface area contributed by atoms with Gasteiger partial charge in [0, 0.05) is 12.8 Å². The van der Waals surface area contributed by atoms with E-state index in [0.29, 0.717) is 6.42 Å². The van der Waals surface area contributed by atoms with Gasteiger partial charge >= 0.3 is 5.97 Å². The van der Waals surface area contributed by atoms with Crippen LogP contribution in [0.15, 0.2) is 0 Å². The summed E-state index contributed by atoms with van der Waals surface area (Å²) in [4.78, 5) is 21.7. The lowest BCUT2D eigenvalue weighted by Crippen LogP contribution is -2.02. The van der Waals surface area contributed by atoms with E-state index in [1.165, 1.54) is 70.6 Å². The van der Waals surface area contributed by atoms with Crippen LogP contribution in [0.4, 0.5) is 0 Å². The summed E-state index contributed by atoms with van der Waals surface area (Å²) in [6, 6.07) is 0. The van der Waals surface area contributed by atoms with Crippen molar-refractivity contribution >= 4 is 11.8 Å². The number of rotatable bonds is 17. The van der Waals surface area contributed by atoms with Gasteiger partial charge in [-0.25, -0.2) is 0 Å². The topological polar surface area (TPSA) is 54.4 Å². The van der Waals surface area contributed by atoms with Crippen molar-refractivity contribution in [3.63, 3.8) is 0 Å². The van der Waals surface area contributed by atoms with E-state index < -0.39 is 5.97 Å². The minimum atomic E-state index is -0.876. The molecule has 1 N–H and O–H groups in total. The quantitative estimate of drug-likeness (QED) is 0.340. The van der Waals surface area contributed by atoms with E-state index in [-0.39, 0.29) is 18.6 Å². The van der Waals surface area contributed by atoms with E-state index in [1.807, 2.05) is 0 Å². The van der Waals surface area contributed by atoms with E-state index in [1.54, 1.807) is 0 Å². The molecule has 0 saturated carbocycles. The molecule has 0 aliphatic heterocycles. The maximum absolute atomic E-state index is 11.4. The Morgan fingerprint density at radius 1 is 0.591 bits per heavy atom. The third-order valence-corrected chi connectivity index (χ3v) is 4.18. The lowest BCUT2D eigenvalue weighted by Gasteiger charge is -2.03. The number of carbonyl (C=O) groups is 2. The number of aliphatic carboxylic acids is 1. The Balaban J connectivity index is 3.11. The van der Waals surface area contributed by atoms with Crippen molar-refractivity contribution in [1.82, 2.24) is 0 Å².